The number of hydrogen-bond acceptors (Lipinski definition) is 3. The number of hydrogen-bond donors (Lipinski definition) is 2. The highest BCUT2D eigenvalue weighted by Gasteiger charge is 2.25. The number of nitrogens with two attached hydrogens (primary N) is 1. The lowest BCUT2D eigenvalue weighted by atomic mass is 10.1. The SMILES string of the molecule is Cl.Nc1ccc2c(c1)C(=O)NC2=O. The predicted molar refractivity (Wildman–Crippen MR) is 49.9 cm³/mol. The highest BCUT2D eigenvalue weighted by molar-refractivity contribution is 6.21. The number of rotatable bonds is 0. The Hall–Kier alpha value is -1.55. The Morgan fingerprint density at radius 2 is 1.69 bits per heavy atom. The maximum Gasteiger partial charge on any atom is 0.259 e. The number of halogens is 1. The summed E-state index contributed by atoms with van der Waals surface area (Å²) in [6, 6.07) is 4.64. The van der Waals surface area contributed by atoms with E-state index in [4.69, 9.17) is 5.73 Å². The zero-order chi connectivity index (χ0) is 8.72. The maximum atomic E-state index is 11.0. The van der Waals surface area contributed by atoms with E-state index in [0.29, 0.717) is 16.8 Å². The van der Waals surface area contributed by atoms with Crippen molar-refractivity contribution in [1.29, 1.82) is 0 Å². The summed E-state index contributed by atoms with van der Waals surface area (Å²) in [5, 5.41) is 2.18. The highest BCUT2D eigenvalue weighted by Crippen LogP contribution is 2.17. The summed E-state index contributed by atoms with van der Waals surface area (Å²) in [7, 11) is 0. The predicted octanol–water partition coefficient (Wildman–Crippen LogP) is 0.574. The van der Waals surface area contributed by atoms with Gasteiger partial charge in [-0.15, -0.1) is 12.4 Å². The van der Waals surface area contributed by atoms with Crippen LogP contribution in [0.15, 0.2) is 18.2 Å². The molecule has 1 aromatic rings. The van der Waals surface area contributed by atoms with Crippen molar-refractivity contribution in [2.45, 2.75) is 0 Å². The molecule has 2 rings (SSSR count). The van der Waals surface area contributed by atoms with Crippen molar-refractivity contribution < 1.29 is 9.59 Å². The van der Waals surface area contributed by atoms with E-state index >= 15 is 0 Å². The lowest BCUT2D eigenvalue weighted by Gasteiger charge is -1.94. The number of nitrogens with one attached hydrogen (secondary N) is 1. The van der Waals surface area contributed by atoms with Crippen molar-refractivity contribution in [3.05, 3.63) is 29.3 Å². The molecule has 0 fully saturated rings. The van der Waals surface area contributed by atoms with E-state index in [9.17, 15) is 9.59 Å². The number of imide groups is 1. The highest BCUT2D eigenvalue weighted by atomic mass is 35.5. The third-order valence-electron chi connectivity index (χ3n) is 1.76. The topological polar surface area (TPSA) is 72.2 Å². The third-order valence-corrected chi connectivity index (χ3v) is 1.76. The van der Waals surface area contributed by atoms with Crippen LogP contribution in [0.3, 0.4) is 0 Å². The molecule has 1 aliphatic rings. The number of benzene rings is 1. The first-order chi connectivity index (χ1) is 5.68. The van der Waals surface area contributed by atoms with Crippen LogP contribution in [0.4, 0.5) is 5.69 Å². The van der Waals surface area contributed by atoms with Crippen LogP contribution in [-0.2, 0) is 0 Å². The molecule has 0 aliphatic carbocycles. The fourth-order valence-corrected chi connectivity index (χ4v) is 1.19. The second-order valence-corrected chi connectivity index (χ2v) is 2.59. The van der Waals surface area contributed by atoms with Gasteiger partial charge in [-0.05, 0) is 18.2 Å². The molecule has 4 nitrogen and oxygen atoms in total. The normalized spacial score (nSPS) is 13.2. The first-order valence-electron chi connectivity index (χ1n) is 3.43. The molecule has 13 heavy (non-hydrogen) atoms. The molecule has 0 unspecified atom stereocenters. The third kappa shape index (κ3) is 1.36. The molecule has 1 aliphatic heterocycles. The van der Waals surface area contributed by atoms with Gasteiger partial charge in [0.1, 0.15) is 0 Å². The molecule has 3 N–H and O–H groups in total. The van der Waals surface area contributed by atoms with E-state index in [1.807, 2.05) is 0 Å². The Morgan fingerprint density at radius 3 is 2.38 bits per heavy atom. The zero-order valence-corrected chi connectivity index (χ0v) is 7.35. The first kappa shape index (κ1) is 9.54. The minimum absolute atomic E-state index is 0. The molecule has 1 aromatic carbocycles. The van der Waals surface area contributed by atoms with Gasteiger partial charge in [0.2, 0.25) is 0 Å². The molecule has 0 radical (unpaired) electrons. The molecule has 1 heterocycles. The van der Waals surface area contributed by atoms with Gasteiger partial charge in [0, 0.05) is 5.69 Å². The molecule has 5 heteroatoms. The van der Waals surface area contributed by atoms with Crippen molar-refractivity contribution in [1.82, 2.24) is 5.32 Å². The quantitative estimate of drug-likeness (QED) is 0.473. The number of carbonyl (C=O) groups is 2. The smallest absolute Gasteiger partial charge is 0.259 e. The second-order valence-electron chi connectivity index (χ2n) is 2.59. The number of amides is 2. The Kier molecular flexibility index (Phi) is 2.25. The average Bonchev–Trinajstić information content (AvgIpc) is 2.28. The molecule has 2 amide bonds. The van der Waals surface area contributed by atoms with Gasteiger partial charge in [-0.2, -0.15) is 0 Å². The Labute approximate surface area is 80.5 Å². The van der Waals surface area contributed by atoms with Gasteiger partial charge in [-0.3, -0.25) is 14.9 Å². The summed E-state index contributed by atoms with van der Waals surface area (Å²) in [5.41, 5.74) is 6.69. The summed E-state index contributed by atoms with van der Waals surface area (Å²) in [6.45, 7) is 0. The lowest BCUT2D eigenvalue weighted by molar-refractivity contribution is 0.0879. The number of anilines is 1. The molecular weight excluding hydrogens is 192 g/mol. The summed E-state index contributed by atoms with van der Waals surface area (Å²) < 4.78 is 0. The van der Waals surface area contributed by atoms with E-state index in [0.717, 1.165) is 0 Å². The molecule has 0 spiro atoms. The molecule has 0 atom stereocenters. The molecule has 68 valence electrons. The maximum absolute atomic E-state index is 11.0. The number of fused-ring (bicyclic) bond motifs is 1. The van der Waals surface area contributed by atoms with E-state index < -0.39 is 0 Å². The monoisotopic (exact) mass is 198 g/mol. The Morgan fingerprint density at radius 1 is 1.08 bits per heavy atom. The van der Waals surface area contributed by atoms with Crippen LogP contribution in [0.1, 0.15) is 20.7 Å². The number of carbonyl (C=O) groups excluding carboxylic acids is 2. The molecule has 0 bridgehead atoms. The van der Waals surface area contributed by atoms with Crippen LogP contribution >= 0.6 is 12.4 Å². The van der Waals surface area contributed by atoms with E-state index in [1.165, 1.54) is 6.07 Å². The zero-order valence-electron chi connectivity index (χ0n) is 6.53. The van der Waals surface area contributed by atoms with Gasteiger partial charge in [-0.1, -0.05) is 0 Å². The van der Waals surface area contributed by atoms with Crippen LogP contribution in [0.2, 0.25) is 0 Å². The van der Waals surface area contributed by atoms with Gasteiger partial charge in [0.05, 0.1) is 11.1 Å². The second kappa shape index (κ2) is 3.06. The van der Waals surface area contributed by atoms with Crippen LogP contribution in [0.25, 0.3) is 0 Å². The van der Waals surface area contributed by atoms with Gasteiger partial charge in [0.15, 0.2) is 0 Å². The van der Waals surface area contributed by atoms with E-state index in [2.05, 4.69) is 5.32 Å². The fraction of sp³-hybridized carbons (Fsp3) is 0. The minimum Gasteiger partial charge on any atom is -0.399 e. The molecule has 0 aromatic heterocycles. The molecular formula is C8H7ClN2O2. The summed E-state index contributed by atoms with van der Waals surface area (Å²) in [6.07, 6.45) is 0. The van der Waals surface area contributed by atoms with Gasteiger partial charge >= 0.3 is 0 Å². The van der Waals surface area contributed by atoms with Crippen molar-refractivity contribution in [3.63, 3.8) is 0 Å². The van der Waals surface area contributed by atoms with Crippen molar-refractivity contribution in [2.75, 3.05) is 5.73 Å². The summed E-state index contributed by atoms with van der Waals surface area (Å²) >= 11 is 0. The average molecular weight is 199 g/mol. The standard InChI is InChI=1S/C8H6N2O2.ClH/c9-4-1-2-5-6(3-4)8(12)10-7(5)11;/h1-3H,9H2,(H,10,11,12);1H. The van der Waals surface area contributed by atoms with Crippen LogP contribution in [0.5, 0.6) is 0 Å². The summed E-state index contributed by atoms with van der Waals surface area (Å²) in [4.78, 5) is 22.1. The molecule has 0 saturated carbocycles. The van der Waals surface area contributed by atoms with Crippen molar-refractivity contribution in [2.24, 2.45) is 0 Å². The lowest BCUT2D eigenvalue weighted by Crippen LogP contribution is -2.19. The van der Waals surface area contributed by atoms with Gasteiger partial charge in [-0.25, -0.2) is 0 Å². The van der Waals surface area contributed by atoms with Crippen molar-refractivity contribution >= 4 is 29.9 Å². The fourth-order valence-electron chi connectivity index (χ4n) is 1.19. The van der Waals surface area contributed by atoms with Crippen molar-refractivity contribution in [3.8, 4) is 0 Å². The van der Waals surface area contributed by atoms with Crippen LogP contribution in [0, 0.1) is 0 Å². The van der Waals surface area contributed by atoms with E-state index in [1.54, 1.807) is 12.1 Å². The molecule has 0 saturated heterocycles. The largest absolute Gasteiger partial charge is 0.399 e. The van der Waals surface area contributed by atoms with Crippen LogP contribution in [-0.4, -0.2) is 11.8 Å². The van der Waals surface area contributed by atoms with Crippen LogP contribution < -0.4 is 11.1 Å². The van der Waals surface area contributed by atoms with Gasteiger partial charge < -0.3 is 5.73 Å². The Bertz CT molecular complexity index is 390. The van der Waals surface area contributed by atoms with E-state index in [-0.39, 0.29) is 24.2 Å². The minimum atomic E-state index is -0.373. The Balaban J connectivity index is 0.000000845. The van der Waals surface area contributed by atoms with Gasteiger partial charge in [0.25, 0.3) is 11.8 Å². The first-order valence-corrected chi connectivity index (χ1v) is 3.43. The summed E-state index contributed by atoms with van der Waals surface area (Å²) in [5.74, 6) is -0.725. The number of nitrogen functional groups attached to an aromatic ring is 1.